The number of rotatable bonds is 6. The molecule has 0 bridgehead atoms. The summed E-state index contributed by atoms with van der Waals surface area (Å²) in [5.74, 6) is 1.28. The van der Waals surface area contributed by atoms with Crippen LogP contribution >= 0.6 is 11.3 Å². The zero-order valence-electron chi connectivity index (χ0n) is 34.3. The molecule has 0 amide bonds. The van der Waals surface area contributed by atoms with Gasteiger partial charge in [0.05, 0.1) is 27.5 Å². The normalized spacial score (nSPS) is 19.3. The number of allylic oxidation sites excluding steroid dienone is 3. The summed E-state index contributed by atoms with van der Waals surface area (Å²) in [6, 6.07) is 57.3. The minimum Gasteiger partial charge on any atom is -0.333 e. The zero-order chi connectivity index (χ0) is 40.0. The van der Waals surface area contributed by atoms with E-state index in [2.05, 4.69) is 199 Å². The Morgan fingerprint density at radius 3 is 2.15 bits per heavy atom. The van der Waals surface area contributed by atoms with Gasteiger partial charge in [-0.3, -0.25) is 0 Å². The smallest absolute Gasteiger partial charge is 0.0598 e. The third kappa shape index (κ3) is 5.52. The summed E-state index contributed by atoms with van der Waals surface area (Å²) >= 11 is 1.97. The second-order valence-electron chi connectivity index (χ2n) is 17.8. The van der Waals surface area contributed by atoms with Crippen LogP contribution in [0.15, 0.2) is 176 Å². The molecule has 12 rings (SSSR count). The van der Waals surface area contributed by atoms with Gasteiger partial charge in [0, 0.05) is 43.0 Å². The van der Waals surface area contributed by atoms with E-state index < -0.39 is 0 Å². The average molecular weight is 793 g/mol. The summed E-state index contributed by atoms with van der Waals surface area (Å²) in [7, 11) is 0. The summed E-state index contributed by atoms with van der Waals surface area (Å²) in [5.41, 5.74) is 14.3. The van der Waals surface area contributed by atoms with Gasteiger partial charge >= 0.3 is 0 Å². The molecule has 0 saturated heterocycles. The molecule has 0 N–H and O–H groups in total. The van der Waals surface area contributed by atoms with Crippen LogP contribution in [0, 0.1) is 11.8 Å². The number of benzene rings is 7. The SMILES string of the molecule is CC1(C)c2ccccc2-c2ccc(-c3ccc(N(c4cccc5c4sc4c5ccc5c4c4ccccc4n5-c4ccccc4)C4C=CC(C5C=CCCC5)CC4)cc3)cc21. The number of hydrogen-bond donors (Lipinski definition) is 0. The highest BCUT2D eigenvalue weighted by Crippen LogP contribution is 2.51. The van der Waals surface area contributed by atoms with Crippen molar-refractivity contribution in [2.24, 2.45) is 11.8 Å². The van der Waals surface area contributed by atoms with Gasteiger partial charge < -0.3 is 9.47 Å². The number of fused-ring (bicyclic) bond motifs is 10. The molecule has 0 radical (unpaired) electrons. The highest BCUT2D eigenvalue weighted by Gasteiger charge is 2.35. The van der Waals surface area contributed by atoms with E-state index in [1.54, 1.807) is 0 Å². The quantitative estimate of drug-likeness (QED) is 0.152. The van der Waals surface area contributed by atoms with E-state index in [0.717, 1.165) is 6.42 Å². The molecule has 7 aromatic carbocycles. The summed E-state index contributed by atoms with van der Waals surface area (Å²) in [6.07, 6.45) is 16.2. The first-order valence-corrected chi connectivity index (χ1v) is 22.8. The Balaban J connectivity index is 0.996. The Morgan fingerprint density at radius 2 is 1.32 bits per heavy atom. The lowest BCUT2D eigenvalue weighted by molar-refractivity contribution is 0.372. The molecule has 3 unspecified atom stereocenters. The second-order valence-corrected chi connectivity index (χ2v) is 18.9. The molecular weight excluding hydrogens is 745 g/mol. The van der Waals surface area contributed by atoms with Crippen LogP contribution in [0.4, 0.5) is 11.4 Å². The molecule has 292 valence electrons. The maximum atomic E-state index is 2.66. The lowest BCUT2D eigenvalue weighted by Gasteiger charge is -2.37. The summed E-state index contributed by atoms with van der Waals surface area (Å²) < 4.78 is 5.15. The summed E-state index contributed by atoms with van der Waals surface area (Å²) in [4.78, 5) is 2.66. The number of nitrogens with zero attached hydrogens (tertiary/aromatic N) is 2. The van der Waals surface area contributed by atoms with Crippen molar-refractivity contribution in [3.05, 3.63) is 187 Å². The van der Waals surface area contributed by atoms with Crippen molar-refractivity contribution in [2.75, 3.05) is 4.90 Å². The van der Waals surface area contributed by atoms with E-state index in [1.807, 2.05) is 11.3 Å². The Hall–Kier alpha value is -6.16. The molecule has 2 heterocycles. The van der Waals surface area contributed by atoms with Crippen LogP contribution in [0.25, 0.3) is 69.9 Å². The Bertz CT molecular complexity index is 3180. The maximum Gasteiger partial charge on any atom is 0.0598 e. The lowest BCUT2D eigenvalue weighted by atomic mass is 9.78. The van der Waals surface area contributed by atoms with Crippen LogP contribution in [0.5, 0.6) is 0 Å². The van der Waals surface area contributed by atoms with Crippen LogP contribution in [0.3, 0.4) is 0 Å². The molecule has 9 aromatic rings. The molecule has 0 aliphatic heterocycles. The van der Waals surface area contributed by atoms with E-state index in [4.69, 9.17) is 0 Å². The largest absolute Gasteiger partial charge is 0.333 e. The van der Waals surface area contributed by atoms with Gasteiger partial charge in [-0.05, 0) is 126 Å². The second kappa shape index (κ2) is 14.0. The first-order chi connectivity index (χ1) is 29.5. The molecule has 60 heavy (non-hydrogen) atoms. The van der Waals surface area contributed by atoms with E-state index in [1.165, 1.54) is 118 Å². The van der Waals surface area contributed by atoms with Gasteiger partial charge in [0.15, 0.2) is 0 Å². The molecule has 2 nitrogen and oxygen atoms in total. The van der Waals surface area contributed by atoms with Gasteiger partial charge in [0.1, 0.15) is 0 Å². The van der Waals surface area contributed by atoms with Crippen molar-refractivity contribution in [1.29, 1.82) is 0 Å². The zero-order valence-corrected chi connectivity index (χ0v) is 35.1. The highest BCUT2D eigenvalue weighted by atomic mass is 32.1. The van der Waals surface area contributed by atoms with Gasteiger partial charge in [-0.1, -0.05) is 141 Å². The number of para-hydroxylation sites is 2. The van der Waals surface area contributed by atoms with Crippen molar-refractivity contribution in [3.8, 4) is 27.9 Å². The van der Waals surface area contributed by atoms with Gasteiger partial charge in [0.2, 0.25) is 0 Å². The third-order valence-corrected chi connectivity index (χ3v) is 15.4. The fraction of sp³-hybridized carbons (Fsp3) is 0.193. The molecule has 0 spiro atoms. The highest BCUT2D eigenvalue weighted by molar-refractivity contribution is 7.27. The first-order valence-electron chi connectivity index (χ1n) is 21.9. The monoisotopic (exact) mass is 792 g/mol. The standard InChI is InChI=1S/C57H48N2S/c1-57(2)49-21-11-9-18-44(49)45-33-28-40(36-50(45)57)39-26-31-43(32-27-39)58(42-29-24-38(25-30-42)37-14-5-3-6-15-37)53-23-13-20-46-47-34-35-52-54(56(47)60-55(46)53)48-19-10-12-22-51(48)59(52)41-16-7-4-8-17-41/h4-5,7-14,16-24,26-29,31-38,42H,3,6,15,25,30H2,1-2H3. The number of anilines is 2. The predicted molar refractivity (Wildman–Crippen MR) is 257 cm³/mol. The van der Waals surface area contributed by atoms with Gasteiger partial charge in [0.25, 0.3) is 0 Å². The van der Waals surface area contributed by atoms with Gasteiger partial charge in [-0.15, -0.1) is 11.3 Å². The van der Waals surface area contributed by atoms with Crippen molar-refractivity contribution in [2.45, 2.75) is 57.4 Å². The average Bonchev–Trinajstić information content (AvgIpc) is 3.93. The molecule has 0 saturated carbocycles. The van der Waals surface area contributed by atoms with Crippen molar-refractivity contribution < 1.29 is 0 Å². The van der Waals surface area contributed by atoms with Crippen LogP contribution < -0.4 is 4.90 Å². The molecule has 2 aromatic heterocycles. The minimum atomic E-state index is -0.0256. The molecule has 0 fully saturated rings. The summed E-state index contributed by atoms with van der Waals surface area (Å²) in [5, 5.41) is 5.32. The van der Waals surface area contributed by atoms with Crippen molar-refractivity contribution in [3.63, 3.8) is 0 Å². The molecule has 3 heteroatoms. The predicted octanol–water partition coefficient (Wildman–Crippen LogP) is 16.0. The van der Waals surface area contributed by atoms with Crippen LogP contribution in [0.2, 0.25) is 0 Å². The lowest BCUT2D eigenvalue weighted by Crippen LogP contribution is -2.33. The third-order valence-electron chi connectivity index (χ3n) is 14.2. The maximum absolute atomic E-state index is 2.66. The fourth-order valence-electron chi connectivity index (χ4n) is 11.1. The fourth-order valence-corrected chi connectivity index (χ4v) is 12.5. The van der Waals surface area contributed by atoms with Gasteiger partial charge in [-0.25, -0.2) is 0 Å². The summed E-state index contributed by atoms with van der Waals surface area (Å²) in [6.45, 7) is 4.74. The van der Waals surface area contributed by atoms with Crippen molar-refractivity contribution >= 4 is 64.7 Å². The minimum absolute atomic E-state index is 0.0256. The van der Waals surface area contributed by atoms with E-state index in [9.17, 15) is 0 Å². The molecule has 3 aliphatic carbocycles. The van der Waals surface area contributed by atoms with Crippen LogP contribution in [-0.4, -0.2) is 10.6 Å². The van der Waals surface area contributed by atoms with Crippen LogP contribution in [0.1, 0.15) is 57.1 Å². The van der Waals surface area contributed by atoms with E-state index in [0.29, 0.717) is 11.8 Å². The number of thiophene rings is 1. The molecule has 3 atom stereocenters. The number of aromatic nitrogens is 1. The van der Waals surface area contributed by atoms with Crippen LogP contribution in [-0.2, 0) is 5.41 Å². The Labute approximate surface area is 356 Å². The first kappa shape index (κ1) is 35.8. The Kier molecular flexibility index (Phi) is 8.32. The van der Waals surface area contributed by atoms with Gasteiger partial charge in [-0.2, -0.15) is 0 Å². The number of hydrogen-bond acceptors (Lipinski definition) is 2. The van der Waals surface area contributed by atoms with E-state index in [-0.39, 0.29) is 11.5 Å². The van der Waals surface area contributed by atoms with E-state index >= 15 is 0 Å². The van der Waals surface area contributed by atoms with Crippen molar-refractivity contribution in [1.82, 2.24) is 4.57 Å². The molecular formula is C57H48N2S. The topological polar surface area (TPSA) is 8.17 Å². The molecule has 3 aliphatic rings. The Morgan fingerprint density at radius 1 is 0.567 bits per heavy atom.